The van der Waals surface area contributed by atoms with Crippen molar-refractivity contribution < 1.29 is 0 Å². The van der Waals surface area contributed by atoms with Crippen molar-refractivity contribution in [3.05, 3.63) is 0 Å². The Hall–Kier alpha value is -0.730. The normalized spacial score (nSPS) is 19.6. The minimum Gasteiger partial charge on any atom is -0.349 e. The van der Waals surface area contributed by atoms with Crippen LogP contribution in [0, 0.1) is 0 Å². The molecule has 1 aliphatic rings. The largest absolute Gasteiger partial charge is 0.349 e. The number of guanidine groups is 1. The Morgan fingerprint density at radius 2 is 1.64 bits per heavy atom. The Bertz CT molecular complexity index is 193. The zero-order valence-electron chi connectivity index (χ0n) is 9.95. The fraction of sp³-hybridized carbons (Fsp3) is 0.909. The summed E-state index contributed by atoms with van der Waals surface area (Å²) in [6.07, 6.45) is 6.80. The first-order valence-corrected chi connectivity index (χ1v) is 5.53. The Kier molecular flexibility index (Phi) is 4.23. The standard InChI is InChI=1S/C11H23N3/c1-12-11(13(2)3)14(4)10-8-6-5-7-9-10/h10H,5-9H2,1-4H3/b12-11+. The lowest BCUT2D eigenvalue weighted by molar-refractivity contribution is 0.257. The van der Waals surface area contributed by atoms with Crippen LogP contribution in [0.4, 0.5) is 0 Å². The zero-order chi connectivity index (χ0) is 10.6. The predicted molar refractivity (Wildman–Crippen MR) is 61.7 cm³/mol. The van der Waals surface area contributed by atoms with E-state index in [1.54, 1.807) is 0 Å². The molecule has 1 aliphatic carbocycles. The van der Waals surface area contributed by atoms with E-state index in [0.717, 1.165) is 5.96 Å². The summed E-state index contributed by atoms with van der Waals surface area (Å²) in [5.74, 6) is 1.09. The molecule has 1 rings (SSSR count). The van der Waals surface area contributed by atoms with Crippen LogP contribution in [0.3, 0.4) is 0 Å². The predicted octanol–water partition coefficient (Wildman–Crippen LogP) is 1.80. The van der Waals surface area contributed by atoms with E-state index < -0.39 is 0 Å². The molecular weight excluding hydrogens is 174 g/mol. The summed E-state index contributed by atoms with van der Waals surface area (Å²) in [6.45, 7) is 0. The molecule has 0 bridgehead atoms. The first kappa shape index (κ1) is 11.3. The Balaban J connectivity index is 2.57. The third-order valence-corrected chi connectivity index (χ3v) is 3.04. The quantitative estimate of drug-likeness (QED) is 0.471. The van der Waals surface area contributed by atoms with Crippen LogP contribution in [-0.2, 0) is 0 Å². The summed E-state index contributed by atoms with van der Waals surface area (Å²) in [6, 6.07) is 0.699. The highest BCUT2D eigenvalue weighted by molar-refractivity contribution is 5.79. The molecule has 82 valence electrons. The molecule has 0 saturated heterocycles. The van der Waals surface area contributed by atoms with Crippen LogP contribution >= 0.6 is 0 Å². The van der Waals surface area contributed by atoms with E-state index in [4.69, 9.17) is 0 Å². The molecule has 0 radical (unpaired) electrons. The van der Waals surface area contributed by atoms with Gasteiger partial charge in [0, 0.05) is 34.2 Å². The molecule has 0 N–H and O–H groups in total. The van der Waals surface area contributed by atoms with Crippen molar-refractivity contribution in [2.45, 2.75) is 38.1 Å². The highest BCUT2D eigenvalue weighted by atomic mass is 15.4. The van der Waals surface area contributed by atoms with Gasteiger partial charge in [-0.05, 0) is 12.8 Å². The molecule has 0 aliphatic heterocycles. The van der Waals surface area contributed by atoms with Crippen molar-refractivity contribution in [2.24, 2.45) is 4.99 Å². The minimum atomic E-state index is 0.699. The molecule has 14 heavy (non-hydrogen) atoms. The number of hydrogen-bond acceptors (Lipinski definition) is 1. The monoisotopic (exact) mass is 197 g/mol. The van der Waals surface area contributed by atoms with Gasteiger partial charge < -0.3 is 9.80 Å². The summed E-state index contributed by atoms with van der Waals surface area (Å²) < 4.78 is 0. The second-order valence-electron chi connectivity index (χ2n) is 4.32. The minimum absolute atomic E-state index is 0.699. The maximum atomic E-state index is 4.33. The molecular formula is C11H23N3. The van der Waals surface area contributed by atoms with Gasteiger partial charge in [0.15, 0.2) is 5.96 Å². The number of hydrogen-bond donors (Lipinski definition) is 0. The maximum Gasteiger partial charge on any atom is 0.195 e. The Morgan fingerprint density at radius 1 is 1.07 bits per heavy atom. The van der Waals surface area contributed by atoms with Gasteiger partial charge in [0.25, 0.3) is 0 Å². The van der Waals surface area contributed by atoms with E-state index in [1.165, 1.54) is 32.1 Å². The van der Waals surface area contributed by atoms with Gasteiger partial charge in [-0.25, -0.2) is 0 Å². The molecule has 0 amide bonds. The van der Waals surface area contributed by atoms with Crippen LogP contribution in [0.25, 0.3) is 0 Å². The fourth-order valence-corrected chi connectivity index (χ4v) is 2.30. The topological polar surface area (TPSA) is 18.8 Å². The lowest BCUT2D eigenvalue weighted by Crippen LogP contribution is -2.44. The van der Waals surface area contributed by atoms with Crippen molar-refractivity contribution in [1.29, 1.82) is 0 Å². The molecule has 0 unspecified atom stereocenters. The van der Waals surface area contributed by atoms with Gasteiger partial charge in [-0.15, -0.1) is 0 Å². The third-order valence-electron chi connectivity index (χ3n) is 3.04. The number of nitrogens with zero attached hydrogens (tertiary/aromatic N) is 3. The van der Waals surface area contributed by atoms with E-state index in [2.05, 4.69) is 35.9 Å². The molecule has 0 aromatic carbocycles. The van der Waals surface area contributed by atoms with E-state index in [0.29, 0.717) is 6.04 Å². The van der Waals surface area contributed by atoms with Gasteiger partial charge >= 0.3 is 0 Å². The van der Waals surface area contributed by atoms with Crippen molar-refractivity contribution in [1.82, 2.24) is 9.80 Å². The first-order valence-electron chi connectivity index (χ1n) is 5.53. The third kappa shape index (κ3) is 2.63. The van der Waals surface area contributed by atoms with Crippen molar-refractivity contribution >= 4 is 5.96 Å². The Labute approximate surface area is 87.8 Å². The zero-order valence-corrected chi connectivity index (χ0v) is 9.95. The van der Waals surface area contributed by atoms with Gasteiger partial charge in [0.1, 0.15) is 0 Å². The number of rotatable bonds is 1. The molecule has 1 saturated carbocycles. The van der Waals surface area contributed by atoms with Gasteiger partial charge in [-0.1, -0.05) is 19.3 Å². The van der Waals surface area contributed by atoms with E-state index >= 15 is 0 Å². The van der Waals surface area contributed by atoms with Gasteiger partial charge in [-0.2, -0.15) is 0 Å². The SMILES string of the molecule is C/N=C(\N(C)C)N(C)C1CCCCC1. The maximum absolute atomic E-state index is 4.33. The summed E-state index contributed by atoms with van der Waals surface area (Å²) >= 11 is 0. The highest BCUT2D eigenvalue weighted by Crippen LogP contribution is 2.21. The number of aliphatic imine (C=N–C) groups is 1. The van der Waals surface area contributed by atoms with Crippen LogP contribution in [-0.4, -0.2) is 50.0 Å². The van der Waals surface area contributed by atoms with Crippen LogP contribution in [0.15, 0.2) is 4.99 Å². The van der Waals surface area contributed by atoms with Crippen LogP contribution in [0.5, 0.6) is 0 Å². The lowest BCUT2D eigenvalue weighted by Gasteiger charge is -2.35. The van der Waals surface area contributed by atoms with E-state index in [1.807, 2.05) is 7.05 Å². The molecule has 3 nitrogen and oxygen atoms in total. The summed E-state index contributed by atoms with van der Waals surface area (Å²) in [5, 5.41) is 0. The molecule has 0 atom stereocenters. The molecule has 0 aromatic heterocycles. The first-order chi connectivity index (χ1) is 6.66. The van der Waals surface area contributed by atoms with Gasteiger partial charge in [0.05, 0.1) is 0 Å². The van der Waals surface area contributed by atoms with Crippen LogP contribution in [0.1, 0.15) is 32.1 Å². The second kappa shape index (κ2) is 5.23. The molecule has 3 heteroatoms. The van der Waals surface area contributed by atoms with Crippen molar-refractivity contribution in [2.75, 3.05) is 28.2 Å². The molecule has 0 spiro atoms. The van der Waals surface area contributed by atoms with Crippen LogP contribution < -0.4 is 0 Å². The van der Waals surface area contributed by atoms with Crippen molar-refractivity contribution in [3.8, 4) is 0 Å². The van der Waals surface area contributed by atoms with E-state index in [-0.39, 0.29) is 0 Å². The average Bonchev–Trinajstić information content (AvgIpc) is 2.19. The fourth-order valence-electron chi connectivity index (χ4n) is 2.30. The van der Waals surface area contributed by atoms with E-state index in [9.17, 15) is 0 Å². The summed E-state index contributed by atoms with van der Waals surface area (Å²) in [5.41, 5.74) is 0. The average molecular weight is 197 g/mol. The highest BCUT2D eigenvalue weighted by Gasteiger charge is 2.21. The Morgan fingerprint density at radius 3 is 2.07 bits per heavy atom. The molecule has 1 fully saturated rings. The second-order valence-corrected chi connectivity index (χ2v) is 4.32. The summed E-state index contributed by atoms with van der Waals surface area (Å²) in [7, 11) is 8.15. The van der Waals surface area contributed by atoms with Crippen molar-refractivity contribution in [3.63, 3.8) is 0 Å². The van der Waals surface area contributed by atoms with Crippen LogP contribution in [0.2, 0.25) is 0 Å². The lowest BCUT2D eigenvalue weighted by atomic mass is 9.95. The van der Waals surface area contributed by atoms with Gasteiger partial charge in [-0.3, -0.25) is 4.99 Å². The summed E-state index contributed by atoms with van der Waals surface area (Å²) in [4.78, 5) is 8.76. The smallest absolute Gasteiger partial charge is 0.195 e. The van der Waals surface area contributed by atoms with Gasteiger partial charge in [0.2, 0.25) is 0 Å². The molecule has 0 heterocycles. The molecule has 0 aromatic rings.